The number of carboxylic acids is 1. The molecule has 0 atom stereocenters. The topological polar surface area (TPSA) is 98.0 Å². The molecule has 14 heavy (non-hydrogen) atoms. The van der Waals surface area contributed by atoms with Crippen LogP contribution < -0.4 is 0 Å². The predicted octanol–water partition coefficient (Wildman–Crippen LogP) is -0.640. The zero-order chi connectivity index (χ0) is 11.6. The normalized spacial score (nSPS) is 10.4. The summed E-state index contributed by atoms with van der Waals surface area (Å²) < 4.78 is 0. The van der Waals surface area contributed by atoms with E-state index in [2.05, 4.69) is 12.6 Å². The van der Waals surface area contributed by atoms with Gasteiger partial charge >= 0.3 is 5.97 Å². The lowest BCUT2D eigenvalue weighted by Gasteiger charge is -2.20. The lowest BCUT2D eigenvalue weighted by atomic mass is 9.95. The van der Waals surface area contributed by atoms with Gasteiger partial charge in [0.05, 0.1) is 26.2 Å². The third-order valence-corrected chi connectivity index (χ3v) is 1.69. The molecule has 0 radical (unpaired) electrons. The summed E-state index contributed by atoms with van der Waals surface area (Å²) in [6.45, 7) is 1.06. The van der Waals surface area contributed by atoms with Gasteiger partial charge < -0.3 is 20.4 Å². The molecule has 0 aliphatic carbocycles. The highest BCUT2D eigenvalue weighted by Crippen LogP contribution is 2.10. The van der Waals surface area contributed by atoms with Gasteiger partial charge in [-0.2, -0.15) is 12.6 Å². The number of carbonyl (C=O) groups is 1. The Morgan fingerprint density at radius 1 is 1.21 bits per heavy atom. The van der Waals surface area contributed by atoms with Crippen molar-refractivity contribution in [3.63, 3.8) is 0 Å². The average molecular weight is 226 g/mol. The molecule has 0 aromatic heterocycles. The van der Waals surface area contributed by atoms with Crippen LogP contribution >= 0.6 is 12.6 Å². The van der Waals surface area contributed by atoms with Crippen LogP contribution in [-0.4, -0.2) is 52.0 Å². The van der Waals surface area contributed by atoms with E-state index in [9.17, 15) is 4.79 Å². The number of aliphatic hydroxyl groups excluding tert-OH is 3. The Balaban J connectivity index is 0. The van der Waals surface area contributed by atoms with Crippen LogP contribution in [0, 0.1) is 5.41 Å². The van der Waals surface area contributed by atoms with Crippen LogP contribution in [0.4, 0.5) is 0 Å². The van der Waals surface area contributed by atoms with Gasteiger partial charge in [-0.1, -0.05) is 6.92 Å². The molecule has 5 nitrogen and oxygen atoms in total. The van der Waals surface area contributed by atoms with Crippen LogP contribution in [0.25, 0.3) is 0 Å². The first-order valence-electron chi connectivity index (χ1n) is 4.11. The Kier molecular flexibility index (Phi) is 10.7. The number of thiol groups is 1. The molecule has 0 rings (SSSR count). The third-order valence-electron chi connectivity index (χ3n) is 1.47. The molecule has 0 aromatic rings. The highest BCUT2D eigenvalue weighted by atomic mass is 32.1. The second-order valence-corrected chi connectivity index (χ2v) is 3.60. The summed E-state index contributed by atoms with van der Waals surface area (Å²) in [5.41, 5.74) is -0.708. The lowest BCUT2D eigenvalue weighted by molar-refractivity contribution is -0.136. The molecule has 0 saturated heterocycles. The van der Waals surface area contributed by atoms with Crippen LogP contribution in [0.15, 0.2) is 0 Å². The first kappa shape index (κ1) is 16.1. The highest BCUT2D eigenvalue weighted by molar-refractivity contribution is 7.80. The van der Waals surface area contributed by atoms with Gasteiger partial charge in [0.2, 0.25) is 0 Å². The molecular weight excluding hydrogens is 208 g/mol. The maximum Gasteiger partial charge on any atom is 0.304 e. The minimum Gasteiger partial charge on any atom is -0.481 e. The summed E-state index contributed by atoms with van der Waals surface area (Å²) in [6.07, 6.45) is 0.156. The van der Waals surface area contributed by atoms with Crippen LogP contribution in [0.5, 0.6) is 0 Å². The molecule has 0 unspecified atom stereocenters. The molecule has 0 fully saturated rings. The van der Waals surface area contributed by atoms with Crippen molar-refractivity contribution in [2.24, 2.45) is 5.41 Å². The second kappa shape index (κ2) is 9.26. The van der Waals surface area contributed by atoms with Gasteiger partial charge in [-0.3, -0.25) is 4.79 Å². The summed E-state index contributed by atoms with van der Waals surface area (Å²) in [7, 11) is 0. The predicted molar refractivity (Wildman–Crippen MR) is 55.5 cm³/mol. The SMILES string of the molecule is CC(CO)(CO)CO.O=C(O)CCS. The molecule has 4 N–H and O–H groups in total. The van der Waals surface area contributed by atoms with Gasteiger partial charge in [0.15, 0.2) is 0 Å². The second-order valence-electron chi connectivity index (χ2n) is 3.15. The van der Waals surface area contributed by atoms with E-state index in [1.165, 1.54) is 0 Å². The molecule has 0 amide bonds. The number of hydrogen-bond acceptors (Lipinski definition) is 5. The minimum absolute atomic E-state index is 0.156. The fourth-order valence-electron chi connectivity index (χ4n) is 0.246. The quantitative estimate of drug-likeness (QED) is 0.402. The van der Waals surface area contributed by atoms with Crippen LogP contribution in [0.3, 0.4) is 0 Å². The van der Waals surface area contributed by atoms with Crippen molar-refractivity contribution in [1.29, 1.82) is 0 Å². The standard InChI is InChI=1S/C5H12O3.C3H6O2S/c1-5(2-6,3-7)4-8;4-3(5)1-2-6/h6-8H,2-4H2,1H3;6H,1-2H2,(H,4,5). The summed E-state index contributed by atoms with van der Waals surface area (Å²) >= 11 is 3.68. The van der Waals surface area contributed by atoms with E-state index in [1.54, 1.807) is 6.92 Å². The van der Waals surface area contributed by atoms with Crippen molar-refractivity contribution in [2.45, 2.75) is 13.3 Å². The number of aliphatic hydroxyl groups is 3. The lowest BCUT2D eigenvalue weighted by Crippen LogP contribution is -2.29. The molecule has 0 saturated carbocycles. The van der Waals surface area contributed by atoms with Crippen molar-refractivity contribution in [2.75, 3.05) is 25.6 Å². The van der Waals surface area contributed by atoms with E-state index in [0.29, 0.717) is 5.75 Å². The van der Waals surface area contributed by atoms with Crippen molar-refractivity contribution >= 4 is 18.6 Å². The Hall–Kier alpha value is -0.300. The molecule has 86 valence electrons. The van der Waals surface area contributed by atoms with E-state index in [1.807, 2.05) is 0 Å². The van der Waals surface area contributed by atoms with Crippen molar-refractivity contribution in [3.8, 4) is 0 Å². The Morgan fingerprint density at radius 2 is 1.57 bits per heavy atom. The van der Waals surface area contributed by atoms with E-state index in [-0.39, 0.29) is 26.2 Å². The molecule has 0 aliphatic heterocycles. The molecule has 0 bridgehead atoms. The van der Waals surface area contributed by atoms with E-state index < -0.39 is 11.4 Å². The maximum atomic E-state index is 9.55. The Morgan fingerprint density at radius 3 is 1.57 bits per heavy atom. The molecule has 6 heteroatoms. The monoisotopic (exact) mass is 226 g/mol. The van der Waals surface area contributed by atoms with Gasteiger partial charge in [0.1, 0.15) is 0 Å². The number of carboxylic acid groups (broad SMARTS) is 1. The van der Waals surface area contributed by atoms with Gasteiger partial charge in [-0.25, -0.2) is 0 Å². The fourth-order valence-corrected chi connectivity index (χ4v) is 0.437. The molecule has 0 aliphatic rings. The van der Waals surface area contributed by atoms with Gasteiger partial charge in [0.25, 0.3) is 0 Å². The Labute approximate surface area is 88.8 Å². The van der Waals surface area contributed by atoms with E-state index >= 15 is 0 Å². The van der Waals surface area contributed by atoms with Crippen molar-refractivity contribution in [1.82, 2.24) is 0 Å². The zero-order valence-electron chi connectivity index (χ0n) is 8.18. The largest absolute Gasteiger partial charge is 0.481 e. The number of aliphatic carboxylic acids is 1. The minimum atomic E-state index is -0.787. The van der Waals surface area contributed by atoms with Gasteiger partial charge in [-0.15, -0.1) is 0 Å². The average Bonchev–Trinajstić information content (AvgIpc) is 2.17. The summed E-state index contributed by atoms with van der Waals surface area (Å²) in [5, 5.41) is 33.3. The van der Waals surface area contributed by atoms with Crippen molar-refractivity contribution in [3.05, 3.63) is 0 Å². The first-order chi connectivity index (χ1) is 6.45. The fraction of sp³-hybridized carbons (Fsp3) is 0.875. The number of rotatable bonds is 5. The maximum absolute atomic E-state index is 9.55. The smallest absolute Gasteiger partial charge is 0.304 e. The highest BCUT2D eigenvalue weighted by Gasteiger charge is 2.20. The van der Waals surface area contributed by atoms with Gasteiger partial charge in [0, 0.05) is 11.2 Å². The van der Waals surface area contributed by atoms with Crippen LogP contribution in [-0.2, 0) is 4.79 Å². The molecule has 0 heterocycles. The summed E-state index contributed by atoms with van der Waals surface area (Å²) in [4.78, 5) is 9.55. The zero-order valence-corrected chi connectivity index (χ0v) is 9.07. The molecular formula is C8H18O5S. The Bertz CT molecular complexity index is 138. The van der Waals surface area contributed by atoms with Crippen molar-refractivity contribution < 1.29 is 25.2 Å². The van der Waals surface area contributed by atoms with Gasteiger partial charge in [-0.05, 0) is 0 Å². The molecule has 0 aromatic carbocycles. The molecule has 0 spiro atoms. The first-order valence-corrected chi connectivity index (χ1v) is 4.74. The third kappa shape index (κ3) is 9.79. The van der Waals surface area contributed by atoms with Crippen LogP contribution in [0.2, 0.25) is 0 Å². The van der Waals surface area contributed by atoms with E-state index in [4.69, 9.17) is 20.4 Å². The number of hydrogen-bond donors (Lipinski definition) is 5. The summed E-state index contributed by atoms with van der Waals surface area (Å²) in [5.74, 6) is -0.361. The van der Waals surface area contributed by atoms with Crippen LogP contribution in [0.1, 0.15) is 13.3 Å². The van der Waals surface area contributed by atoms with E-state index in [0.717, 1.165) is 0 Å². The summed E-state index contributed by atoms with van der Waals surface area (Å²) in [6, 6.07) is 0.